The molecule has 1 aromatic carbocycles. The molecule has 0 radical (unpaired) electrons. The minimum Gasteiger partial charge on any atom is -0.351 e. The molecule has 1 unspecified atom stereocenters. The molecule has 8 heteroatoms. The fourth-order valence-electron chi connectivity index (χ4n) is 4.15. The Morgan fingerprint density at radius 1 is 1.17 bits per heavy atom. The molecule has 1 N–H and O–H groups in total. The van der Waals surface area contributed by atoms with Crippen LogP contribution >= 0.6 is 23.2 Å². The Kier molecular flexibility index (Phi) is 7.69. The lowest BCUT2D eigenvalue weighted by atomic mass is 9.81. The maximum absolute atomic E-state index is 12.9. The Hall–Kier alpha value is -0.820. The van der Waals surface area contributed by atoms with Gasteiger partial charge in [-0.3, -0.25) is 4.79 Å². The van der Waals surface area contributed by atoms with Crippen molar-refractivity contribution >= 4 is 39.1 Å². The number of sulfonamides is 1. The summed E-state index contributed by atoms with van der Waals surface area (Å²) in [6, 6.07) is 4.83. The number of hydrogen-bond donors (Lipinski definition) is 1. The predicted octanol–water partition coefficient (Wildman–Crippen LogP) is 4.87. The fraction of sp³-hybridized carbons (Fsp3) is 0.667. The molecule has 164 valence electrons. The van der Waals surface area contributed by atoms with Crippen molar-refractivity contribution in [1.29, 1.82) is 0 Å². The molecule has 29 heavy (non-hydrogen) atoms. The van der Waals surface area contributed by atoms with Gasteiger partial charge in [-0.1, -0.05) is 50.0 Å². The second-order valence-corrected chi connectivity index (χ2v) is 12.6. The van der Waals surface area contributed by atoms with Crippen LogP contribution in [0.15, 0.2) is 18.2 Å². The van der Waals surface area contributed by atoms with Crippen LogP contribution in [0.5, 0.6) is 0 Å². The number of amides is 1. The van der Waals surface area contributed by atoms with E-state index in [1.807, 2.05) is 13.8 Å². The van der Waals surface area contributed by atoms with Crippen LogP contribution in [0.4, 0.5) is 0 Å². The third-order valence-corrected chi connectivity index (χ3v) is 7.47. The summed E-state index contributed by atoms with van der Waals surface area (Å²) in [5.74, 6) is -0.575. The Balaban J connectivity index is 2.05. The highest BCUT2D eigenvalue weighted by atomic mass is 35.5. The number of hydrogen-bond acceptors (Lipinski definition) is 3. The van der Waals surface area contributed by atoms with E-state index in [-0.39, 0.29) is 35.1 Å². The van der Waals surface area contributed by atoms with Crippen LogP contribution in [0.3, 0.4) is 0 Å². The minimum absolute atomic E-state index is 0.0753. The van der Waals surface area contributed by atoms with E-state index in [0.717, 1.165) is 6.42 Å². The van der Waals surface area contributed by atoms with Crippen molar-refractivity contribution in [3.8, 4) is 0 Å². The number of nitrogens with one attached hydrogen (secondary N) is 1. The molecule has 1 aromatic rings. The van der Waals surface area contributed by atoms with Crippen LogP contribution in [0, 0.1) is 11.3 Å². The average Bonchev–Trinajstić information content (AvgIpc) is 2.55. The first-order valence-electron chi connectivity index (χ1n) is 9.92. The molecule has 1 saturated heterocycles. The van der Waals surface area contributed by atoms with Crippen molar-refractivity contribution in [2.24, 2.45) is 11.3 Å². The summed E-state index contributed by atoms with van der Waals surface area (Å²) in [4.78, 5) is 12.8. The highest BCUT2D eigenvalue weighted by Crippen LogP contribution is 2.29. The largest absolute Gasteiger partial charge is 0.351 e. The lowest BCUT2D eigenvalue weighted by Gasteiger charge is -2.36. The first-order chi connectivity index (χ1) is 13.2. The van der Waals surface area contributed by atoms with Gasteiger partial charge >= 0.3 is 0 Å². The Labute approximate surface area is 185 Å². The molecule has 2 rings (SSSR count). The van der Waals surface area contributed by atoms with E-state index >= 15 is 0 Å². The molecule has 0 saturated carbocycles. The van der Waals surface area contributed by atoms with E-state index in [9.17, 15) is 13.2 Å². The van der Waals surface area contributed by atoms with Crippen molar-refractivity contribution in [1.82, 2.24) is 9.62 Å². The molecule has 0 aliphatic carbocycles. The highest BCUT2D eigenvalue weighted by Gasteiger charge is 2.35. The van der Waals surface area contributed by atoms with Crippen LogP contribution in [-0.4, -0.2) is 37.3 Å². The van der Waals surface area contributed by atoms with Gasteiger partial charge in [-0.25, -0.2) is 12.7 Å². The van der Waals surface area contributed by atoms with Crippen molar-refractivity contribution in [2.45, 2.75) is 65.2 Å². The van der Waals surface area contributed by atoms with Crippen LogP contribution in [0.1, 0.15) is 59.4 Å². The number of rotatable bonds is 6. The molecular formula is C21H32Cl2N2O3S. The van der Waals surface area contributed by atoms with Gasteiger partial charge in [-0.05, 0) is 56.2 Å². The number of benzene rings is 1. The quantitative estimate of drug-likeness (QED) is 0.655. The Morgan fingerprint density at radius 3 is 2.41 bits per heavy atom. The third kappa shape index (κ3) is 7.42. The van der Waals surface area contributed by atoms with E-state index in [4.69, 9.17) is 23.2 Å². The van der Waals surface area contributed by atoms with Crippen LogP contribution in [0.2, 0.25) is 10.0 Å². The van der Waals surface area contributed by atoms with E-state index in [1.165, 1.54) is 4.31 Å². The van der Waals surface area contributed by atoms with E-state index in [1.54, 1.807) is 18.2 Å². The van der Waals surface area contributed by atoms with E-state index < -0.39 is 10.0 Å². The van der Waals surface area contributed by atoms with Crippen LogP contribution in [0.25, 0.3) is 0 Å². The summed E-state index contributed by atoms with van der Waals surface area (Å²) in [7, 11) is -3.55. The van der Waals surface area contributed by atoms with E-state index in [2.05, 4.69) is 26.1 Å². The van der Waals surface area contributed by atoms with Gasteiger partial charge in [0.2, 0.25) is 15.9 Å². The molecule has 1 amide bonds. The zero-order valence-corrected chi connectivity index (χ0v) is 20.2. The van der Waals surface area contributed by atoms with Gasteiger partial charge in [0, 0.05) is 18.6 Å². The molecule has 1 aliphatic rings. The second-order valence-electron chi connectivity index (χ2n) is 9.81. The van der Waals surface area contributed by atoms with Gasteiger partial charge in [-0.2, -0.15) is 0 Å². The summed E-state index contributed by atoms with van der Waals surface area (Å²) in [5.41, 5.74) is 0.312. The second kappa shape index (κ2) is 9.13. The van der Waals surface area contributed by atoms with Crippen molar-refractivity contribution in [3.63, 3.8) is 0 Å². The number of piperidine rings is 1. The zero-order chi connectivity index (χ0) is 22.0. The van der Waals surface area contributed by atoms with Crippen molar-refractivity contribution < 1.29 is 13.2 Å². The van der Waals surface area contributed by atoms with E-state index in [0.29, 0.717) is 35.0 Å². The molecule has 0 bridgehead atoms. The first kappa shape index (κ1) is 24.4. The molecule has 0 aromatic heterocycles. The maximum atomic E-state index is 12.9. The number of halogens is 2. The fourth-order valence-corrected chi connectivity index (χ4v) is 6.06. The predicted molar refractivity (Wildman–Crippen MR) is 120 cm³/mol. The zero-order valence-electron chi connectivity index (χ0n) is 17.9. The lowest BCUT2D eigenvalue weighted by molar-refractivity contribution is -0.128. The Morgan fingerprint density at radius 2 is 1.83 bits per heavy atom. The molecule has 1 fully saturated rings. The van der Waals surface area contributed by atoms with Gasteiger partial charge in [-0.15, -0.1) is 0 Å². The summed E-state index contributed by atoms with van der Waals surface area (Å²) in [6.45, 7) is 11.1. The van der Waals surface area contributed by atoms with Crippen LogP contribution < -0.4 is 5.32 Å². The average molecular weight is 463 g/mol. The number of carbonyl (C=O) groups excluding carboxylic acids is 1. The molecule has 1 heterocycles. The molecule has 1 atom stereocenters. The summed E-state index contributed by atoms with van der Waals surface area (Å²) in [6.07, 6.45) is 2.19. The third-order valence-electron chi connectivity index (χ3n) is 4.92. The number of nitrogens with zero attached hydrogens (tertiary/aromatic N) is 1. The standard InChI is InChI=1S/C21H32Cl2N2O3S/c1-20(2,3)14-21(4,5)24-19(26)16-7-6-10-25(12-16)29(27,28)13-15-8-9-17(22)18(23)11-15/h8-9,11,16H,6-7,10,12-14H2,1-5H3,(H,24,26). The smallest absolute Gasteiger partial charge is 0.224 e. The molecule has 0 spiro atoms. The lowest BCUT2D eigenvalue weighted by Crippen LogP contribution is -2.52. The molecule has 1 aliphatic heterocycles. The minimum atomic E-state index is -3.55. The van der Waals surface area contributed by atoms with Gasteiger partial charge in [0.1, 0.15) is 0 Å². The normalized spacial score (nSPS) is 19.2. The topological polar surface area (TPSA) is 66.5 Å². The van der Waals surface area contributed by atoms with Crippen molar-refractivity contribution in [3.05, 3.63) is 33.8 Å². The summed E-state index contributed by atoms with van der Waals surface area (Å²) in [5, 5.41) is 3.84. The Bertz CT molecular complexity index is 848. The van der Waals surface area contributed by atoms with Gasteiger partial charge < -0.3 is 5.32 Å². The SMILES string of the molecule is CC(C)(C)CC(C)(C)NC(=O)C1CCCN(S(=O)(=O)Cc2ccc(Cl)c(Cl)c2)C1. The van der Waals surface area contributed by atoms with Gasteiger partial charge in [0.25, 0.3) is 0 Å². The van der Waals surface area contributed by atoms with Crippen LogP contribution in [-0.2, 0) is 20.6 Å². The highest BCUT2D eigenvalue weighted by molar-refractivity contribution is 7.88. The number of carbonyl (C=O) groups is 1. The monoisotopic (exact) mass is 462 g/mol. The molecular weight excluding hydrogens is 431 g/mol. The van der Waals surface area contributed by atoms with Gasteiger partial charge in [0.15, 0.2) is 0 Å². The maximum Gasteiger partial charge on any atom is 0.224 e. The summed E-state index contributed by atoms with van der Waals surface area (Å²) < 4.78 is 27.3. The summed E-state index contributed by atoms with van der Waals surface area (Å²) >= 11 is 11.9. The van der Waals surface area contributed by atoms with Gasteiger partial charge in [0.05, 0.1) is 21.7 Å². The first-order valence-corrected chi connectivity index (χ1v) is 12.3. The van der Waals surface area contributed by atoms with Crippen molar-refractivity contribution in [2.75, 3.05) is 13.1 Å². The molecule has 5 nitrogen and oxygen atoms in total.